The minimum atomic E-state index is -0.0421. The van der Waals surface area contributed by atoms with Gasteiger partial charge in [0.2, 0.25) is 5.91 Å². The Labute approximate surface area is 109 Å². The van der Waals surface area contributed by atoms with Gasteiger partial charge in [-0.3, -0.25) is 4.79 Å². The van der Waals surface area contributed by atoms with Crippen LogP contribution in [-0.4, -0.2) is 18.2 Å². The number of hydrogen-bond acceptors (Lipinski definition) is 2. The van der Waals surface area contributed by atoms with Crippen molar-refractivity contribution >= 4 is 18.5 Å². The highest BCUT2D eigenvalue weighted by atomic mass is 32.1. The monoisotopic (exact) mass is 251 g/mol. The van der Waals surface area contributed by atoms with Gasteiger partial charge in [-0.1, -0.05) is 44.2 Å². The van der Waals surface area contributed by atoms with Crippen molar-refractivity contribution < 1.29 is 4.79 Å². The third-order valence-corrected chi connectivity index (χ3v) is 3.04. The molecule has 1 atom stereocenters. The first-order chi connectivity index (χ1) is 8.13. The summed E-state index contributed by atoms with van der Waals surface area (Å²) >= 11 is 4.27. The lowest BCUT2D eigenvalue weighted by Gasteiger charge is -2.15. The average Bonchev–Trinajstić information content (AvgIpc) is 2.34. The Morgan fingerprint density at radius 3 is 2.47 bits per heavy atom. The Balaban J connectivity index is 2.51. The van der Waals surface area contributed by atoms with Crippen LogP contribution in [0.5, 0.6) is 0 Å². The second kappa shape index (κ2) is 7.38. The molecular formula is C14H21NOS. The first-order valence-corrected chi connectivity index (χ1v) is 6.69. The summed E-state index contributed by atoms with van der Waals surface area (Å²) in [6, 6.07) is 10.1. The molecule has 0 aliphatic rings. The maximum atomic E-state index is 11.9. The summed E-state index contributed by atoms with van der Waals surface area (Å²) < 4.78 is 0. The summed E-state index contributed by atoms with van der Waals surface area (Å²) in [5.41, 5.74) is 1.19. The van der Waals surface area contributed by atoms with E-state index in [0.29, 0.717) is 11.7 Å². The van der Waals surface area contributed by atoms with Crippen LogP contribution >= 0.6 is 12.6 Å². The third kappa shape index (κ3) is 5.26. The van der Waals surface area contributed by atoms with Gasteiger partial charge in [0, 0.05) is 12.3 Å². The lowest BCUT2D eigenvalue weighted by molar-refractivity contribution is -0.124. The number of carbonyl (C=O) groups is 1. The lowest BCUT2D eigenvalue weighted by atomic mass is 10.00. The molecule has 1 aromatic rings. The van der Waals surface area contributed by atoms with Crippen LogP contribution in [0.2, 0.25) is 0 Å². The van der Waals surface area contributed by atoms with E-state index in [1.54, 1.807) is 0 Å². The molecule has 0 bridgehead atoms. The normalized spacial score (nSPS) is 12.5. The van der Waals surface area contributed by atoms with Gasteiger partial charge in [0.15, 0.2) is 0 Å². The Kier molecular flexibility index (Phi) is 6.12. The number of amides is 1. The predicted molar refractivity (Wildman–Crippen MR) is 75.3 cm³/mol. The SMILES string of the molecule is CC(C)CNC(=O)C(CS)Cc1ccccc1. The minimum Gasteiger partial charge on any atom is -0.356 e. The maximum Gasteiger partial charge on any atom is 0.224 e. The molecule has 1 unspecified atom stereocenters. The standard InChI is InChI=1S/C14H21NOS/c1-11(2)9-15-14(16)13(10-17)8-12-6-4-3-5-7-12/h3-7,11,13,17H,8-10H2,1-2H3,(H,15,16). The van der Waals surface area contributed by atoms with Crippen LogP contribution in [0.3, 0.4) is 0 Å². The molecule has 3 heteroatoms. The molecule has 0 aliphatic heterocycles. The minimum absolute atomic E-state index is 0.0421. The van der Waals surface area contributed by atoms with Crippen molar-refractivity contribution in [2.75, 3.05) is 12.3 Å². The van der Waals surface area contributed by atoms with Gasteiger partial charge in [0.1, 0.15) is 0 Å². The van der Waals surface area contributed by atoms with Gasteiger partial charge in [-0.2, -0.15) is 12.6 Å². The summed E-state index contributed by atoms with van der Waals surface area (Å²) in [4.78, 5) is 11.9. The lowest BCUT2D eigenvalue weighted by Crippen LogP contribution is -2.35. The Morgan fingerprint density at radius 2 is 1.94 bits per heavy atom. The van der Waals surface area contributed by atoms with E-state index in [4.69, 9.17) is 0 Å². The van der Waals surface area contributed by atoms with Crippen molar-refractivity contribution in [3.05, 3.63) is 35.9 Å². The van der Waals surface area contributed by atoms with E-state index in [2.05, 4.69) is 31.8 Å². The zero-order valence-electron chi connectivity index (χ0n) is 10.5. The summed E-state index contributed by atoms with van der Waals surface area (Å²) in [6.45, 7) is 4.91. The molecule has 94 valence electrons. The van der Waals surface area contributed by atoms with Gasteiger partial charge in [-0.05, 0) is 17.9 Å². The predicted octanol–water partition coefficient (Wildman–Crippen LogP) is 2.55. The Hall–Kier alpha value is -0.960. The molecular weight excluding hydrogens is 230 g/mol. The van der Waals surface area contributed by atoms with Crippen molar-refractivity contribution in [3.8, 4) is 0 Å². The zero-order chi connectivity index (χ0) is 12.7. The molecule has 0 aromatic heterocycles. The molecule has 0 fully saturated rings. The van der Waals surface area contributed by atoms with Crippen LogP contribution in [0.25, 0.3) is 0 Å². The number of nitrogens with one attached hydrogen (secondary N) is 1. The van der Waals surface area contributed by atoms with E-state index >= 15 is 0 Å². The highest BCUT2D eigenvalue weighted by Crippen LogP contribution is 2.10. The van der Waals surface area contributed by atoms with Crippen molar-refractivity contribution in [3.63, 3.8) is 0 Å². The fraction of sp³-hybridized carbons (Fsp3) is 0.500. The van der Waals surface area contributed by atoms with Crippen molar-refractivity contribution in [2.45, 2.75) is 20.3 Å². The van der Waals surface area contributed by atoms with Gasteiger partial charge in [-0.15, -0.1) is 0 Å². The Bertz CT molecular complexity index is 337. The molecule has 0 spiro atoms. The first kappa shape index (κ1) is 14.1. The highest BCUT2D eigenvalue weighted by Gasteiger charge is 2.17. The van der Waals surface area contributed by atoms with Crippen LogP contribution in [-0.2, 0) is 11.2 Å². The van der Waals surface area contributed by atoms with Crippen molar-refractivity contribution in [1.82, 2.24) is 5.32 Å². The smallest absolute Gasteiger partial charge is 0.224 e. The van der Waals surface area contributed by atoms with Gasteiger partial charge in [0.05, 0.1) is 5.92 Å². The number of rotatable bonds is 6. The number of thiol groups is 1. The number of hydrogen-bond donors (Lipinski definition) is 2. The summed E-state index contributed by atoms with van der Waals surface area (Å²) in [7, 11) is 0. The third-order valence-electron chi connectivity index (χ3n) is 2.60. The van der Waals surface area contributed by atoms with E-state index < -0.39 is 0 Å². The number of carbonyl (C=O) groups excluding carboxylic acids is 1. The molecule has 1 amide bonds. The van der Waals surface area contributed by atoms with Crippen molar-refractivity contribution in [2.24, 2.45) is 11.8 Å². The fourth-order valence-electron chi connectivity index (χ4n) is 1.59. The molecule has 1 aromatic carbocycles. The van der Waals surface area contributed by atoms with E-state index in [0.717, 1.165) is 13.0 Å². The second-order valence-corrected chi connectivity index (χ2v) is 5.07. The van der Waals surface area contributed by atoms with Crippen LogP contribution in [0, 0.1) is 11.8 Å². The van der Waals surface area contributed by atoms with Gasteiger partial charge >= 0.3 is 0 Å². The first-order valence-electron chi connectivity index (χ1n) is 6.06. The topological polar surface area (TPSA) is 29.1 Å². The van der Waals surface area contributed by atoms with Crippen LogP contribution in [0.1, 0.15) is 19.4 Å². The summed E-state index contributed by atoms with van der Waals surface area (Å²) in [5, 5.41) is 2.97. The average molecular weight is 251 g/mol. The number of benzene rings is 1. The van der Waals surface area contributed by atoms with Crippen LogP contribution in [0.4, 0.5) is 0 Å². The largest absolute Gasteiger partial charge is 0.356 e. The molecule has 0 heterocycles. The maximum absolute atomic E-state index is 11.9. The molecule has 17 heavy (non-hydrogen) atoms. The summed E-state index contributed by atoms with van der Waals surface area (Å²) in [5.74, 6) is 1.13. The summed E-state index contributed by atoms with van der Waals surface area (Å²) in [6.07, 6.45) is 0.758. The van der Waals surface area contributed by atoms with Gasteiger partial charge < -0.3 is 5.32 Å². The van der Waals surface area contributed by atoms with Crippen LogP contribution in [0.15, 0.2) is 30.3 Å². The van der Waals surface area contributed by atoms with Gasteiger partial charge in [-0.25, -0.2) is 0 Å². The molecule has 0 saturated carbocycles. The van der Waals surface area contributed by atoms with Crippen LogP contribution < -0.4 is 5.32 Å². The van der Waals surface area contributed by atoms with E-state index in [1.807, 2.05) is 30.3 Å². The molecule has 1 N–H and O–H groups in total. The zero-order valence-corrected chi connectivity index (χ0v) is 11.4. The molecule has 0 aliphatic carbocycles. The quantitative estimate of drug-likeness (QED) is 0.748. The fourth-order valence-corrected chi connectivity index (χ4v) is 1.88. The van der Waals surface area contributed by atoms with E-state index in [9.17, 15) is 4.79 Å². The van der Waals surface area contributed by atoms with E-state index in [1.165, 1.54) is 5.56 Å². The Morgan fingerprint density at radius 1 is 1.29 bits per heavy atom. The van der Waals surface area contributed by atoms with Crippen molar-refractivity contribution in [1.29, 1.82) is 0 Å². The second-order valence-electron chi connectivity index (χ2n) is 4.71. The molecule has 0 saturated heterocycles. The van der Waals surface area contributed by atoms with Gasteiger partial charge in [0.25, 0.3) is 0 Å². The van der Waals surface area contributed by atoms with E-state index in [-0.39, 0.29) is 11.8 Å². The molecule has 0 radical (unpaired) electrons. The molecule has 2 nitrogen and oxygen atoms in total. The molecule has 1 rings (SSSR count). The highest BCUT2D eigenvalue weighted by molar-refractivity contribution is 7.80.